The van der Waals surface area contributed by atoms with Crippen molar-refractivity contribution in [3.8, 4) is 0 Å². The van der Waals surface area contributed by atoms with E-state index in [1.807, 2.05) is 31.2 Å². The van der Waals surface area contributed by atoms with Crippen LogP contribution in [0.15, 0.2) is 48.5 Å². The molecule has 2 aromatic rings. The predicted molar refractivity (Wildman–Crippen MR) is 70.1 cm³/mol. The second kappa shape index (κ2) is 5.58. The number of benzene rings is 2. The molecule has 0 aliphatic heterocycles. The van der Waals surface area contributed by atoms with Crippen LogP contribution in [0.2, 0.25) is 0 Å². The fourth-order valence-electron chi connectivity index (χ4n) is 2.08. The summed E-state index contributed by atoms with van der Waals surface area (Å²) >= 11 is 0. The van der Waals surface area contributed by atoms with Crippen molar-refractivity contribution in [1.29, 1.82) is 0 Å². The summed E-state index contributed by atoms with van der Waals surface area (Å²) in [6, 6.07) is 14.3. The second-order valence-corrected chi connectivity index (χ2v) is 4.39. The van der Waals surface area contributed by atoms with Gasteiger partial charge >= 0.3 is 0 Å². The van der Waals surface area contributed by atoms with Crippen molar-refractivity contribution in [3.05, 3.63) is 71.0 Å². The summed E-state index contributed by atoms with van der Waals surface area (Å²) in [5.74, 6) is -0.740. The lowest BCUT2D eigenvalue weighted by atomic mass is 9.91. The van der Waals surface area contributed by atoms with E-state index in [-0.39, 0.29) is 5.82 Å². The molecular weight excluding hydrogens is 227 g/mol. The van der Waals surface area contributed by atoms with Crippen LogP contribution < -0.4 is 0 Å². The van der Waals surface area contributed by atoms with Crippen molar-refractivity contribution < 1.29 is 9.18 Å². The van der Waals surface area contributed by atoms with Gasteiger partial charge in [0.05, 0.1) is 0 Å². The number of rotatable bonds is 4. The number of hydrogen-bond acceptors (Lipinski definition) is 1. The van der Waals surface area contributed by atoms with Crippen LogP contribution in [0.3, 0.4) is 0 Å². The minimum absolute atomic E-state index is 0.316. The minimum Gasteiger partial charge on any atom is -0.303 e. The lowest BCUT2D eigenvalue weighted by Gasteiger charge is -2.13. The Bertz CT molecular complexity index is 548. The van der Waals surface area contributed by atoms with Gasteiger partial charge in [0.25, 0.3) is 0 Å². The molecule has 0 amide bonds. The molecule has 2 rings (SSSR count). The first kappa shape index (κ1) is 12.5. The number of aryl methyl sites for hydroxylation is 1. The first-order valence-electron chi connectivity index (χ1n) is 5.96. The van der Waals surface area contributed by atoms with Crippen molar-refractivity contribution in [1.82, 2.24) is 0 Å². The maximum absolute atomic E-state index is 13.7. The molecule has 0 radical (unpaired) electrons. The zero-order valence-electron chi connectivity index (χ0n) is 10.3. The van der Waals surface area contributed by atoms with Crippen LogP contribution in [0, 0.1) is 12.7 Å². The summed E-state index contributed by atoms with van der Waals surface area (Å²) in [5.41, 5.74) is 2.68. The van der Waals surface area contributed by atoms with E-state index in [9.17, 15) is 9.18 Å². The fourth-order valence-corrected chi connectivity index (χ4v) is 2.08. The number of carbonyl (C=O) groups is 1. The van der Waals surface area contributed by atoms with E-state index in [1.54, 1.807) is 18.2 Å². The van der Waals surface area contributed by atoms with Crippen molar-refractivity contribution in [2.75, 3.05) is 0 Å². The van der Waals surface area contributed by atoms with Crippen LogP contribution in [0.4, 0.5) is 4.39 Å². The van der Waals surface area contributed by atoms with Gasteiger partial charge in [-0.15, -0.1) is 0 Å². The van der Waals surface area contributed by atoms with Gasteiger partial charge in [0, 0.05) is 5.92 Å². The highest BCUT2D eigenvalue weighted by atomic mass is 19.1. The lowest BCUT2D eigenvalue weighted by molar-refractivity contribution is -0.109. The van der Waals surface area contributed by atoms with Crippen LogP contribution in [0.5, 0.6) is 0 Å². The van der Waals surface area contributed by atoms with Gasteiger partial charge in [-0.2, -0.15) is 0 Å². The molecule has 1 atom stereocenters. The van der Waals surface area contributed by atoms with Gasteiger partial charge in [-0.1, -0.05) is 42.5 Å². The summed E-state index contributed by atoms with van der Waals surface area (Å²) in [5, 5.41) is 0. The third-order valence-electron chi connectivity index (χ3n) is 3.17. The highest BCUT2D eigenvalue weighted by molar-refractivity contribution is 5.63. The van der Waals surface area contributed by atoms with Gasteiger partial charge in [-0.3, -0.25) is 0 Å². The zero-order valence-corrected chi connectivity index (χ0v) is 10.3. The molecule has 0 saturated carbocycles. The SMILES string of the molecule is Cc1ccccc1CC(C=O)c1ccccc1F. The van der Waals surface area contributed by atoms with E-state index < -0.39 is 5.92 Å². The summed E-state index contributed by atoms with van der Waals surface area (Å²) in [6.07, 6.45) is 1.36. The number of aldehydes is 1. The number of carbonyl (C=O) groups excluding carboxylic acids is 1. The molecule has 1 unspecified atom stereocenters. The largest absolute Gasteiger partial charge is 0.303 e. The fraction of sp³-hybridized carbons (Fsp3) is 0.188. The monoisotopic (exact) mass is 242 g/mol. The van der Waals surface area contributed by atoms with E-state index in [4.69, 9.17) is 0 Å². The minimum atomic E-state index is -0.424. The molecule has 2 heteroatoms. The highest BCUT2D eigenvalue weighted by Crippen LogP contribution is 2.23. The lowest BCUT2D eigenvalue weighted by Crippen LogP contribution is -2.07. The molecule has 2 aromatic carbocycles. The van der Waals surface area contributed by atoms with Gasteiger partial charge in [0.15, 0.2) is 0 Å². The van der Waals surface area contributed by atoms with Crippen LogP contribution in [-0.2, 0) is 11.2 Å². The topological polar surface area (TPSA) is 17.1 Å². The first-order chi connectivity index (χ1) is 8.72. The van der Waals surface area contributed by atoms with Crippen LogP contribution in [0.25, 0.3) is 0 Å². The predicted octanol–water partition coefficient (Wildman–Crippen LogP) is 3.66. The Hall–Kier alpha value is -1.96. The molecule has 0 fully saturated rings. The molecule has 0 N–H and O–H groups in total. The van der Waals surface area contributed by atoms with Crippen molar-refractivity contribution in [2.24, 2.45) is 0 Å². The third kappa shape index (κ3) is 2.65. The molecule has 0 saturated heterocycles. The zero-order chi connectivity index (χ0) is 13.0. The molecule has 92 valence electrons. The van der Waals surface area contributed by atoms with E-state index in [0.717, 1.165) is 17.4 Å². The van der Waals surface area contributed by atoms with Crippen LogP contribution in [0.1, 0.15) is 22.6 Å². The van der Waals surface area contributed by atoms with Crippen molar-refractivity contribution in [3.63, 3.8) is 0 Å². The number of halogens is 1. The first-order valence-corrected chi connectivity index (χ1v) is 5.96. The quantitative estimate of drug-likeness (QED) is 0.748. The van der Waals surface area contributed by atoms with Crippen molar-refractivity contribution in [2.45, 2.75) is 19.3 Å². The Balaban J connectivity index is 2.29. The van der Waals surface area contributed by atoms with E-state index >= 15 is 0 Å². The van der Waals surface area contributed by atoms with Crippen LogP contribution in [-0.4, -0.2) is 6.29 Å². The molecule has 18 heavy (non-hydrogen) atoms. The normalized spacial score (nSPS) is 12.1. The van der Waals surface area contributed by atoms with Gasteiger partial charge in [0.1, 0.15) is 12.1 Å². The Morgan fingerprint density at radius 3 is 2.44 bits per heavy atom. The van der Waals surface area contributed by atoms with E-state index in [1.165, 1.54) is 6.07 Å². The Kier molecular flexibility index (Phi) is 3.88. The average Bonchev–Trinajstić information content (AvgIpc) is 2.39. The molecule has 0 bridgehead atoms. The summed E-state index contributed by atoms with van der Waals surface area (Å²) in [6.45, 7) is 2.00. The Morgan fingerprint density at radius 2 is 1.78 bits per heavy atom. The maximum Gasteiger partial charge on any atom is 0.127 e. The smallest absolute Gasteiger partial charge is 0.127 e. The summed E-state index contributed by atoms with van der Waals surface area (Å²) in [7, 11) is 0. The van der Waals surface area contributed by atoms with Gasteiger partial charge in [-0.25, -0.2) is 4.39 Å². The second-order valence-electron chi connectivity index (χ2n) is 4.39. The molecule has 0 aliphatic carbocycles. The Labute approximate surface area is 106 Å². The summed E-state index contributed by atoms with van der Waals surface area (Å²) < 4.78 is 13.7. The number of hydrogen-bond donors (Lipinski definition) is 0. The molecular formula is C16H15FO. The molecule has 0 aliphatic rings. The third-order valence-corrected chi connectivity index (χ3v) is 3.17. The highest BCUT2D eigenvalue weighted by Gasteiger charge is 2.15. The van der Waals surface area contributed by atoms with E-state index in [2.05, 4.69) is 0 Å². The van der Waals surface area contributed by atoms with Crippen molar-refractivity contribution >= 4 is 6.29 Å². The van der Waals surface area contributed by atoms with Gasteiger partial charge in [-0.05, 0) is 36.1 Å². The molecule has 0 heterocycles. The van der Waals surface area contributed by atoms with Gasteiger partial charge in [0.2, 0.25) is 0 Å². The molecule has 0 aromatic heterocycles. The van der Waals surface area contributed by atoms with E-state index in [0.29, 0.717) is 12.0 Å². The van der Waals surface area contributed by atoms with Crippen LogP contribution >= 0.6 is 0 Å². The van der Waals surface area contributed by atoms with Gasteiger partial charge < -0.3 is 4.79 Å². The summed E-state index contributed by atoms with van der Waals surface area (Å²) in [4.78, 5) is 11.2. The average molecular weight is 242 g/mol. The molecule has 1 nitrogen and oxygen atoms in total. The Morgan fingerprint density at radius 1 is 1.11 bits per heavy atom. The standard InChI is InChI=1S/C16H15FO/c1-12-6-2-3-7-13(12)10-14(11-18)15-8-4-5-9-16(15)17/h2-9,11,14H,10H2,1H3. The molecule has 0 spiro atoms. The maximum atomic E-state index is 13.7.